The first-order valence-electron chi connectivity index (χ1n) is 15.2. The lowest BCUT2D eigenvalue weighted by Gasteiger charge is -2.26. The predicted molar refractivity (Wildman–Crippen MR) is 174 cm³/mol. The molecule has 1 atom stereocenters. The van der Waals surface area contributed by atoms with Crippen LogP contribution in [0.25, 0.3) is 6.08 Å². The summed E-state index contributed by atoms with van der Waals surface area (Å²) in [5.74, 6) is -0.136. The fraction of sp³-hybridized carbons (Fsp3) is 0.324. The van der Waals surface area contributed by atoms with Crippen molar-refractivity contribution in [3.05, 3.63) is 88.8 Å². The maximum atomic E-state index is 13.3. The molecule has 5 N–H and O–H groups in total. The molecule has 228 valence electrons. The van der Waals surface area contributed by atoms with E-state index in [2.05, 4.69) is 45.8 Å². The highest BCUT2D eigenvalue weighted by molar-refractivity contribution is 6.08. The van der Waals surface area contributed by atoms with Crippen LogP contribution in [0.1, 0.15) is 66.6 Å². The summed E-state index contributed by atoms with van der Waals surface area (Å²) in [4.78, 5) is 49.9. The Morgan fingerprint density at radius 3 is 2.64 bits per heavy atom. The molecule has 0 saturated carbocycles. The molecule has 5 rings (SSSR count). The number of benzene rings is 2. The van der Waals surface area contributed by atoms with Crippen LogP contribution >= 0.6 is 0 Å². The molecule has 1 aromatic heterocycles. The maximum Gasteiger partial charge on any atom is 0.255 e. The van der Waals surface area contributed by atoms with E-state index in [0.717, 1.165) is 42.5 Å². The number of hydrogen-bond donors (Lipinski definition) is 4. The molecule has 1 unspecified atom stereocenters. The Hall–Kier alpha value is -4.99. The molecule has 0 bridgehead atoms. The monoisotopic (exact) mass is 593 g/mol. The number of fused-ring (bicyclic) bond motifs is 2. The fourth-order valence-corrected chi connectivity index (χ4v) is 5.53. The van der Waals surface area contributed by atoms with Gasteiger partial charge >= 0.3 is 0 Å². The summed E-state index contributed by atoms with van der Waals surface area (Å²) in [5.41, 5.74) is 11.9. The van der Waals surface area contributed by atoms with Crippen molar-refractivity contribution in [2.75, 3.05) is 23.7 Å². The lowest BCUT2D eigenvalue weighted by Crippen LogP contribution is -2.41. The number of para-hydroxylation sites is 1. The van der Waals surface area contributed by atoms with Gasteiger partial charge in [-0.2, -0.15) is 0 Å². The Labute approximate surface area is 257 Å². The molecule has 10 nitrogen and oxygen atoms in total. The van der Waals surface area contributed by atoms with Crippen molar-refractivity contribution in [2.24, 2.45) is 10.7 Å². The maximum absolute atomic E-state index is 13.3. The third kappa shape index (κ3) is 7.31. The van der Waals surface area contributed by atoms with Gasteiger partial charge in [0.25, 0.3) is 5.91 Å². The van der Waals surface area contributed by atoms with Crippen molar-refractivity contribution in [3.63, 3.8) is 0 Å². The Bertz CT molecular complexity index is 1610. The molecule has 3 heterocycles. The quantitative estimate of drug-likeness (QED) is 0.266. The Morgan fingerprint density at radius 2 is 1.84 bits per heavy atom. The van der Waals surface area contributed by atoms with Crippen molar-refractivity contribution >= 4 is 46.7 Å². The zero-order valence-electron chi connectivity index (χ0n) is 25.2. The minimum Gasteiger partial charge on any atom is -0.387 e. The molecule has 0 fully saturated rings. The molecule has 0 saturated heterocycles. The number of pyridine rings is 1. The van der Waals surface area contributed by atoms with Crippen molar-refractivity contribution in [1.29, 1.82) is 0 Å². The van der Waals surface area contributed by atoms with E-state index in [-0.39, 0.29) is 36.7 Å². The molecule has 3 aromatic rings. The number of aromatic nitrogens is 1. The van der Waals surface area contributed by atoms with Gasteiger partial charge in [0.1, 0.15) is 11.9 Å². The predicted octanol–water partition coefficient (Wildman–Crippen LogP) is 4.80. The van der Waals surface area contributed by atoms with Crippen LogP contribution in [0.3, 0.4) is 0 Å². The van der Waals surface area contributed by atoms with Crippen LogP contribution in [-0.2, 0) is 22.6 Å². The standard InChI is InChI=1S/C34H39N7O3/c1-3-13-41(14-4-2)34(44)26-16-24-9-10-25(17-30(24)40-31(35)18-26)32(42)38-27-15-22(19-36-21-27)20-37-33(43)29-12-11-23-7-5-6-8-28(23)39-29/h5-10,15-17,19,21,29,39H,3-4,11-14,18,20H2,1-2H3,(H2,35,40)(H,37,43)(H,38,42). The Morgan fingerprint density at radius 1 is 1.05 bits per heavy atom. The largest absolute Gasteiger partial charge is 0.387 e. The van der Waals surface area contributed by atoms with Crippen molar-refractivity contribution in [2.45, 2.75) is 58.5 Å². The number of aryl methyl sites for hydroxylation is 1. The number of rotatable bonds is 10. The van der Waals surface area contributed by atoms with E-state index in [0.29, 0.717) is 41.4 Å². The molecule has 2 aromatic carbocycles. The van der Waals surface area contributed by atoms with Gasteiger partial charge in [-0.3, -0.25) is 19.4 Å². The topological polar surface area (TPSA) is 142 Å². The number of anilines is 2. The van der Waals surface area contributed by atoms with E-state index >= 15 is 0 Å². The number of nitrogens with one attached hydrogen (secondary N) is 3. The van der Waals surface area contributed by atoms with Gasteiger partial charge in [-0.05, 0) is 67.2 Å². The summed E-state index contributed by atoms with van der Waals surface area (Å²) in [6, 6.07) is 14.7. The second kappa shape index (κ2) is 14.0. The van der Waals surface area contributed by atoms with Crippen LogP contribution in [0.15, 0.2) is 71.5 Å². The molecule has 0 aliphatic carbocycles. The number of carbonyl (C=O) groups excluding carboxylic acids is 3. The molecule has 2 aliphatic heterocycles. The first-order chi connectivity index (χ1) is 21.3. The number of nitrogens with two attached hydrogens (primary N) is 1. The summed E-state index contributed by atoms with van der Waals surface area (Å²) in [6.07, 6.45) is 8.60. The molecule has 0 radical (unpaired) electrons. The van der Waals surface area contributed by atoms with Gasteiger partial charge in [-0.1, -0.05) is 38.1 Å². The smallest absolute Gasteiger partial charge is 0.255 e. The average molecular weight is 594 g/mol. The van der Waals surface area contributed by atoms with Gasteiger partial charge in [0.05, 0.1) is 17.6 Å². The van der Waals surface area contributed by atoms with Gasteiger partial charge < -0.3 is 26.6 Å². The van der Waals surface area contributed by atoms with E-state index in [1.54, 1.807) is 36.7 Å². The first-order valence-corrected chi connectivity index (χ1v) is 15.2. The number of nitrogens with zero attached hydrogens (tertiary/aromatic N) is 3. The number of aliphatic imine (C=N–C) groups is 1. The summed E-state index contributed by atoms with van der Waals surface area (Å²) in [7, 11) is 0. The highest BCUT2D eigenvalue weighted by atomic mass is 16.2. The minimum atomic E-state index is -0.337. The molecular weight excluding hydrogens is 554 g/mol. The zero-order chi connectivity index (χ0) is 31.1. The third-order valence-corrected chi connectivity index (χ3v) is 7.69. The van der Waals surface area contributed by atoms with Crippen LogP contribution in [-0.4, -0.2) is 52.6 Å². The summed E-state index contributed by atoms with van der Waals surface area (Å²) < 4.78 is 0. The van der Waals surface area contributed by atoms with E-state index in [1.807, 2.05) is 29.2 Å². The van der Waals surface area contributed by atoms with Gasteiger partial charge in [0, 0.05) is 54.6 Å². The van der Waals surface area contributed by atoms with E-state index in [9.17, 15) is 14.4 Å². The highest BCUT2D eigenvalue weighted by Crippen LogP contribution is 2.29. The summed E-state index contributed by atoms with van der Waals surface area (Å²) in [6.45, 7) is 5.75. The molecule has 44 heavy (non-hydrogen) atoms. The van der Waals surface area contributed by atoms with Crippen molar-refractivity contribution < 1.29 is 14.4 Å². The normalized spacial score (nSPS) is 15.4. The van der Waals surface area contributed by atoms with Gasteiger partial charge in [0.2, 0.25) is 11.8 Å². The fourth-order valence-electron chi connectivity index (χ4n) is 5.53. The van der Waals surface area contributed by atoms with Gasteiger partial charge in [0.15, 0.2) is 0 Å². The lowest BCUT2D eigenvalue weighted by atomic mass is 9.97. The van der Waals surface area contributed by atoms with Crippen LogP contribution < -0.4 is 21.7 Å². The molecule has 2 aliphatic rings. The van der Waals surface area contributed by atoms with E-state index in [4.69, 9.17) is 5.73 Å². The number of amidine groups is 1. The zero-order valence-corrected chi connectivity index (χ0v) is 25.2. The van der Waals surface area contributed by atoms with Crippen LogP contribution in [0, 0.1) is 0 Å². The number of carbonyl (C=O) groups is 3. The third-order valence-electron chi connectivity index (χ3n) is 7.69. The summed E-state index contributed by atoms with van der Waals surface area (Å²) >= 11 is 0. The minimum absolute atomic E-state index is 0.0366. The second-order valence-electron chi connectivity index (χ2n) is 11.2. The number of hydrogen-bond acceptors (Lipinski definition) is 7. The Balaban J connectivity index is 1.23. The van der Waals surface area contributed by atoms with Crippen molar-refractivity contribution in [1.82, 2.24) is 15.2 Å². The SMILES string of the molecule is CCCN(CCC)C(=O)C1=Cc2ccc(C(=O)Nc3cncc(CNC(=O)C4CCc5ccccc5N4)c3)cc2N=C(N)C1. The van der Waals surface area contributed by atoms with Gasteiger partial charge in [-0.15, -0.1) is 0 Å². The average Bonchev–Trinajstić information content (AvgIpc) is 3.20. The Kier molecular flexibility index (Phi) is 9.69. The molecule has 0 spiro atoms. The second-order valence-corrected chi connectivity index (χ2v) is 11.2. The molecular formula is C34H39N7O3. The van der Waals surface area contributed by atoms with Crippen LogP contribution in [0.2, 0.25) is 0 Å². The van der Waals surface area contributed by atoms with E-state index < -0.39 is 0 Å². The number of amides is 3. The lowest BCUT2D eigenvalue weighted by molar-refractivity contribution is -0.127. The summed E-state index contributed by atoms with van der Waals surface area (Å²) in [5, 5.41) is 9.17. The van der Waals surface area contributed by atoms with Crippen molar-refractivity contribution in [3.8, 4) is 0 Å². The molecule has 10 heteroatoms. The van der Waals surface area contributed by atoms with Crippen LogP contribution in [0.5, 0.6) is 0 Å². The van der Waals surface area contributed by atoms with E-state index in [1.165, 1.54) is 5.56 Å². The van der Waals surface area contributed by atoms with Crippen LogP contribution in [0.4, 0.5) is 17.1 Å². The highest BCUT2D eigenvalue weighted by Gasteiger charge is 2.24. The molecule has 3 amide bonds. The first kappa shape index (κ1) is 30.5. The van der Waals surface area contributed by atoms with Gasteiger partial charge in [-0.25, -0.2) is 4.99 Å².